The Morgan fingerprint density at radius 1 is 0.485 bits per heavy atom. The number of nitrogens with zero attached hydrogens (tertiary/aromatic N) is 2. The van der Waals surface area contributed by atoms with Crippen molar-refractivity contribution in [2.75, 3.05) is 0 Å². The zero-order valence-corrected chi connectivity index (χ0v) is 19.6. The lowest BCUT2D eigenvalue weighted by atomic mass is 9.89. The standard InChI is InChI=1S/C29H34N2O2/c32-28-24-25(27-23-15-11-7-3-5-9-13-21(23)17-19-31(27)28)29(33)30-18-16-20-12-8-4-1-2-6-10-14-22(20)26(24)30/h16-19H,1-15H2. The Kier molecular flexibility index (Phi) is 5.48. The van der Waals surface area contributed by atoms with E-state index in [2.05, 4.69) is 12.2 Å². The highest BCUT2D eigenvalue weighted by Crippen LogP contribution is 2.50. The minimum atomic E-state index is -0.00670. The van der Waals surface area contributed by atoms with Crippen molar-refractivity contribution in [2.45, 2.75) is 96.3 Å². The average molecular weight is 443 g/mol. The minimum Gasteiger partial charge on any atom is -0.283 e. The van der Waals surface area contributed by atoms with Crippen LogP contribution in [0.2, 0.25) is 0 Å². The summed E-state index contributed by atoms with van der Waals surface area (Å²) >= 11 is 0. The fourth-order valence-corrected chi connectivity index (χ4v) is 6.55. The van der Waals surface area contributed by atoms with Gasteiger partial charge in [0, 0.05) is 12.4 Å². The molecule has 0 fully saturated rings. The van der Waals surface area contributed by atoms with E-state index < -0.39 is 0 Å². The van der Waals surface area contributed by atoms with E-state index in [0.717, 1.165) is 49.9 Å². The predicted molar refractivity (Wildman–Crippen MR) is 129 cm³/mol. The lowest BCUT2D eigenvalue weighted by molar-refractivity contribution is -0.122. The molecule has 0 aromatic heterocycles. The molecule has 4 heteroatoms. The third-order valence-electron chi connectivity index (χ3n) is 8.26. The van der Waals surface area contributed by atoms with Crippen molar-refractivity contribution in [1.82, 2.24) is 9.80 Å². The molecule has 0 N–H and O–H groups in total. The van der Waals surface area contributed by atoms with Gasteiger partial charge in [0.2, 0.25) is 0 Å². The fourth-order valence-electron chi connectivity index (χ4n) is 6.55. The highest BCUT2D eigenvalue weighted by Gasteiger charge is 2.50. The number of carbonyl (C=O) groups excluding carboxylic acids is 2. The molecule has 0 saturated carbocycles. The molecule has 6 aliphatic rings. The van der Waals surface area contributed by atoms with Gasteiger partial charge < -0.3 is 0 Å². The molecule has 0 aromatic rings. The van der Waals surface area contributed by atoms with E-state index in [1.165, 1.54) is 80.1 Å². The lowest BCUT2D eigenvalue weighted by Crippen LogP contribution is -2.29. The Hall–Kier alpha value is -2.62. The third kappa shape index (κ3) is 3.41. The molecule has 2 aliphatic carbocycles. The molecule has 4 nitrogen and oxygen atoms in total. The molecule has 0 unspecified atom stereocenters. The molecule has 0 aromatic carbocycles. The van der Waals surface area contributed by atoms with Gasteiger partial charge in [-0.2, -0.15) is 0 Å². The Labute approximate surface area is 197 Å². The van der Waals surface area contributed by atoms with Crippen LogP contribution in [0.5, 0.6) is 0 Å². The number of allylic oxidation sites excluding steroid dienone is 6. The molecular weight excluding hydrogens is 408 g/mol. The minimum absolute atomic E-state index is 0.00670. The van der Waals surface area contributed by atoms with Gasteiger partial charge in [0.1, 0.15) is 0 Å². The monoisotopic (exact) mass is 442 g/mol. The first kappa shape index (κ1) is 20.9. The van der Waals surface area contributed by atoms with Crippen LogP contribution in [0.25, 0.3) is 0 Å². The van der Waals surface area contributed by atoms with Gasteiger partial charge in [0.15, 0.2) is 0 Å². The molecular formula is C29H34N2O2. The molecule has 0 radical (unpaired) electrons. The second kappa shape index (κ2) is 8.62. The summed E-state index contributed by atoms with van der Waals surface area (Å²) in [7, 11) is 0. The highest BCUT2D eigenvalue weighted by molar-refractivity contribution is 6.21. The summed E-state index contributed by atoms with van der Waals surface area (Å²) in [5.74, 6) is -0.0134. The van der Waals surface area contributed by atoms with Gasteiger partial charge in [-0.05, 0) is 85.8 Å². The SMILES string of the molecule is O=C1C2=C3C4=C(C=CN3C(=O)C2=C2C3=C(C=CN12)CCCCCCCC3)CCCCCCC4. The topological polar surface area (TPSA) is 40.6 Å². The van der Waals surface area contributed by atoms with Gasteiger partial charge in [-0.1, -0.05) is 44.9 Å². The number of amides is 2. The van der Waals surface area contributed by atoms with Crippen molar-refractivity contribution in [3.8, 4) is 0 Å². The molecule has 0 bridgehead atoms. The van der Waals surface area contributed by atoms with Crippen LogP contribution < -0.4 is 0 Å². The predicted octanol–water partition coefficient (Wildman–Crippen LogP) is 6.71. The smallest absolute Gasteiger partial charge is 0.265 e. The van der Waals surface area contributed by atoms with Crippen LogP contribution in [0.1, 0.15) is 96.3 Å². The van der Waals surface area contributed by atoms with Crippen molar-refractivity contribution >= 4 is 11.8 Å². The van der Waals surface area contributed by atoms with Crippen molar-refractivity contribution < 1.29 is 9.59 Å². The van der Waals surface area contributed by atoms with E-state index in [1.807, 2.05) is 12.4 Å². The summed E-state index contributed by atoms with van der Waals surface area (Å²) in [6.45, 7) is 0. The zero-order chi connectivity index (χ0) is 22.4. The van der Waals surface area contributed by atoms with Crippen LogP contribution >= 0.6 is 0 Å². The maximum Gasteiger partial charge on any atom is 0.265 e. The number of hydrogen-bond donors (Lipinski definition) is 0. The highest BCUT2D eigenvalue weighted by atomic mass is 16.2. The largest absolute Gasteiger partial charge is 0.283 e. The summed E-state index contributed by atoms with van der Waals surface area (Å²) in [4.78, 5) is 31.2. The molecule has 172 valence electrons. The maximum atomic E-state index is 13.8. The van der Waals surface area contributed by atoms with Crippen LogP contribution in [-0.2, 0) is 9.59 Å². The van der Waals surface area contributed by atoms with Gasteiger partial charge >= 0.3 is 0 Å². The van der Waals surface area contributed by atoms with E-state index in [9.17, 15) is 9.59 Å². The Balaban J connectivity index is 1.50. The lowest BCUT2D eigenvalue weighted by Gasteiger charge is -2.29. The number of carbonyl (C=O) groups is 2. The first-order valence-electron chi connectivity index (χ1n) is 13.2. The number of fused-ring (bicyclic) bond motifs is 5. The van der Waals surface area contributed by atoms with Gasteiger partial charge in [-0.15, -0.1) is 0 Å². The average Bonchev–Trinajstić information content (AvgIpc) is 3.33. The third-order valence-corrected chi connectivity index (χ3v) is 8.26. The summed E-state index contributed by atoms with van der Waals surface area (Å²) in [5, 5.41) is 0. The first-order chi connectivity index (χ1) is 16.3. The van der Waals surface area contributed by atoms with Gasteiger partial charge in [-0.25, -0.2) is 0 Å². The fraction of sp³-hybridized carbons (Fsp3) is 0.517. The summed E-state index contributed by atoms with van der Waals surface area (Å²) in [5.41, 5.74) is 8.31. The number of rotatable bonds is 0. The van der Waals surface area contributed by atoms with Crippen LogP contribution in [0.4, 0.5) is 0 Å². The summed E-state index contributed by atoms with van der Waals surface area (Å²) in [6.07, 6.45) is 25.7. The van der Waals surface area contributed by atoms with Crippen LogP contribution in [0.15, 0.2) is 69.4 Å². The summed E-state index contributed by atoms with van der Waals surface area (Å²) < 4.78 is 0. The van der Waals surface area contributed by atoms with Crippen molar-refractivity contribution in [2.24, 2.45) is 0 Å². The summed E-state index contributed by atoms with van der Waals surface area (Å²) in [6, 6.07) is 0. The van der Waals surface area contributed by atoms with Gasteiger partial charge in [-0.3, -0.25) is 19.4 Å². The van der Waals surface area contributed by atoms with E-state index >= 15 is 0 Å². The second-order valence-electron chi connectivity index (χ2n) is 10.3. The van der Waals surface area contributed by atoms with E-state index in [0.29, 0.717) is 11.1 Å². The molecule has 0 saturated heterocycles. The molecule has 33 heavy (non-hydrogen) atoms. The molecule has 4 heterocycles. The Bertz CT molecular complexity index is 1090. The van der Waals surface area contributed by atoms with Crippen molar-refractivity contribution in [3.63, 3.8) is 0 Å². The maximum absolute atomic E-state index is 13.8. The first-order valence-corrected chi connectivity index (χ1v) is 13.2. The Morgan fingerprint density at radius 3 is 1.27 bits per heavy atom. The van der Waals surface area contributed by atoms with Gasteiger partial charge in [0.25, 0.3) is 11.8 Å². The van der Waals surface area contributed by atoms with Crippen molar-refractivity contribution in [3.05, 3.63) is 69.4 Å². The van der Waals surface area contributed by atoms with Crippen molar-refractivity contribution in [1.29, 1.82) is 0 Å². The van der Waals surface area contributed by atoms with E-state index in [1.54, 1.807) is 9.80 Å². The second-order valence-corrected chi connectivity index (χ2v) is 10.3. The van der Waals surface area contributed by atoms with Crippen LogP contribution in [0, 0.1) is 0 Å². The molecule has 0 spiro atoms. The van der Waals surface area contributed by atoms with E-state index in [-0.39, 0.29) is 11.8 Å². The molecule has 2 amide bonds. The molecule has 0 atom stereocenters. The molecule has 6 rings (SSSR count). The Morgan fingerprint density at radius 2 is 0.848 bits per heavy atom. The van der Waals surface area contributed by atoms with Crippen LogP contribution in [-0.4, -0.2) is 21.6 Å². The normalized spacial score (nSPS) is 26.1. The van der Waals surface area contributed by atoms with E-state index in [4.69, 9.17) is 0 Å². The number of hydrogen-bond acceptors (Lipinski definition) is 2. The zero-order valence-electron chi connectivity index (χ0n) is 19.6. The quantitative estimate of drug-likeness (QED) is 0.418. The van der Waals surface area contributed by atoms with Gasteiger partial charge in [0.05, 0.1) is 22.5 Å². The van der Waals surface area contributed by atoms with Crippen LogP contribution in [0.3, 0.4) is 0 Å². The molecule has 4 aliphatic heterocycles.